The molecule has 4 nitrogen and oxygen atoms in total. The van der Waals surface area contributed by atoms with Gasteiger partial charge in [0.15, 0.2) is 5.78 Å². The van der Waals surface area contributed by atoms with Crippen LogP contribution in [0.3, 0.4) is 0 Å². The Labute approximate surface area is 149 Å². The van der Waals surface area contributed by atoms with Crippen molar-refractivity contribution in [1.82, 2.24) is 4.72 Å². The molecule has 0 aliphatic heterocycles. The minimum Gasteiger partial charge on any atom is -0.295 e. The first-order valence-electron chi connectivity index (χ1n) is 7.48. The van der Waals surface area contributed by atoms with Crippen molar-refractivity contribution in [3.63, 3.8) is 0 Å². The summed E-state index contributed by atoms with van der Waals surface area (Å²) in [6.07, 6.45) is -3.49. The lowest BCUT2D eigenvalue weighted by atomic mass is 10.1. The Morgan fingerprint density at radius 2 is 1.54 bits per heavy atom. The van der Waals surface area contributed by atoms with E-state index in [0.717, 1.165) is 35.9 Å². The van der Waals surface area contributed by atoms with Gasteiger partial charge in [0.2, 0.25) is 0 Å². The Balaban J connectivity index is 2.40. The van der Waals surface area contributed by atoms with Gasteiger partial charge < -0.3 is 0 Å². The Morgan fingerprint density at radius 1 is 1.00 bits per heavy atom. The van der Waals surface area contributed by atoms with E-state index in [1.54, 1.807) is 19.1 Å². The summed E-state index contributed by atoms with van der Waals surface area (Å²) in [5.74, 6) is -0.452. The highest BCUT2D eigenvalue weighted by molar-refractivity contribution is 7.89. The van der Waals surface area contributed by atoms with Gasteiger partial charge in [-0.05, 0) is 43.7 Å². The van der Waals surface area contributed by atoms with Gasteiger partial charge in [0.1, 0.15) is 0 Å². The molecule has 138 valence electrons. The van der Waals surface area contributed by atoms with E-state index in [9.17, 15) is 26.4 Å². The third-order valence-electron chi connectivity index (χ3n) is 3.45. The topological polar surface area (TPSA) is 63.2 Å². The van der Waals surface area contributed by atoms with Crippen LogP contribution in [0.2, 0.25) is 0 Å². The molecule has 0 aromatic heterocycles. The number of alkyl halides is 3. The van der Waals surface area contributed by atoms with E-state index < -0.39 is 27.5 Å². The van der Waals surface area contributed by atoms with Crippen molar-refractivity contribution >= 4 is 21.5 Å². The lowest BCUT2D eigenvalue weighted by Crippen LogP contribution is -2.23. The zero-order chi connectivity index (χ0) is 19.5. The molecule has 2 rings (SSSR count). The SMILES string of the molecule is CC(=O)/C=C(/NS(=O)(=O)c1ccc(C)cc1)c1ccc(C(F)(F)F)cc1. The maximum atomic E-state index is 12.7. The first kappa shape index (κ1) is 19.7. The Morgan fingerprint density at radius 3 is 2.00 bits per heavy atom. The third kappa shape index (κ3) is 4.95. The Kier molecular flexibility index (Phi) is 5.56. The summed E-state index contributed by atoms with van der Waals surface area (Å²) >= 11 is 0. The van der Waals surface area contributed by atoms with Crippen molar-refractivity contribution in [3.05, 3.63) is 71.3 Å². The standard InChI is InChI=1S/C18H16F3NO3S/c1-12-3-9-16(10-4-12)26(24,25)22-17(11-13(2)23)14-5-7-15(8-6-14)18(19,20)21/h3-11,22H,1-2H3/b17-11+. The van der Waals surface area contributed by atoms with E-state index in [-0.39, 0.29) is 16.2 Å². The first-order valence-corrected chi connectivity index (χ1v) is 8.97. The van der Waals surface area contributed by atoms with Crippen LogP contribution < -0.4 is 4.72 Å². The molecular weight excluding hydrogens is 367 g/mol. The number of sulfonamides is 1. The van der Waals surface area contributed by atoms with E-state index in [0.29, 0.717) is 0 Å². The average Bonchev–Trinajstić information content (AvgIpc) is 2.53. The first-order chi connectivity index (χ1) is 12.0. The molecule has 0 radical (unpaired) electrons. The molecule has 8 heteroatoms. The van der Waals surface area contributed by atoms with Crippen LogP contribution in [-0.2, 0) is 21.0 Å². The fourth-order valence-electron chi connectivity index (χ4n) is 2.13. The number of carbonyl (C=O) groups excluding carboxylic acids is 1. The van der Waals surface area contributed by atoms with Crippen molar-refractivity contribution in [2.45, 2.75) is 24.9 Å². The number of carbonyl (C=O) groups is 1. The number of hydrogen-bond acceptors (Lipinski definition) is 3. The molecule has 2 aromatic rings. The Hall–Kier alpha value is -2.61. The second-order valence-electron chi connectivity index (χ2n) is 5.66. The highest BCUT2D eigenvalue weighted by Gasteiger charge is 2.30. The van der Waals surface area contributed by atoms with Crippen LogP contribution in [0.4, 0.5) is 13.2 Å². The molecule has 0 fully saturated rings. The minimum absolute atomic E-state index is 0.0236. The molecule has 0 saturated heterocycles. The van der Waals surface area contributed by atoms with Gasteiger partial charge in [0.25, 0.3) is 10.0 Å². The van der Waals surface area contributed by atoms with Gasteiger partial charge in [-0.15, -0.1) is 0 Å². The lowest BCUT2D eigenvalue weighted by molar-refractivity contribution is -0.137. The van der Waals surface area contributed by atoms with E-state index in [2.05, 4.69) is 4.72 Å². The molecule has 0 saturated carbocycles. The number of hydrogen-bond donors (Lipinski definition) is 1. The second-order valence-corrected chi connectivity index (χ2v) is 7.34. The number of allylic oxidation sites excluding steroid dienone is 1. The maximum absolute atomic E-state index is 12.7. The van der Waals surface area contributed by atoms with E-state index in [1.165, 1.54) is 19.1 Å². The molecule has 0 bridgehead atoms. The van der Waals surface area contributed by atoms with E-state index in [4.69, 9.17) is 0 Å². The second kappa shape index (κ2) is 7.33. The molecule has 0 amide bonds. The predicted molar refractivity (Wildman–Crippen MR) is 91.6 cm³/mol. The largest absolute Gasteiger partial charge is 0.416 e. The van der Waals surface area contributed by atoms with Crippen LogP contribution in [0.25, 0.3) is 5.70 Å². The number of rotatable bonds is 5. The molecule has 26 heavy (non-hydrogen) atoms. The van der Waals surface area contributed by atoms with Gasteiger partial charge in [-0.25, -0.2) is 8.42 Å². The van der Waals surface area contributed by atoms with Crippen molar-refractivity contribution in [2.24, 2.45) is 0 Å². The highest BCUT2D eigenvalue weighted by atomic mass is 32.2. The van der Waals surface area contributed by atoms with Gasteiger partial charge in [-0.1, -0.05) is 29.8 Å². The van der Waals surface area contributed by atoms with Gasteiger partial charge in [0, 0.05) is 6.08 Å². The van der Waals surface area contributed by atoms with E-state index >= 15 is 0 Å². The normalized spacial score (nSPS) is 12.7. The molecule has 0 atom stereocenters. The molecule has 1 N–H and O–H groups in total. The highest BCUT2D eigenvalue weighted by Crippen LogP contribution is 2.30. The van der Waals surface area contributed by atoms with Crippen molar-refractivity contribution in [1.29, 1.82) is 0 Å². The molecule has 0 aliphatic rings. The number of halogens is 3. The molecule has 0 unspecified atom stereocenters. The van der Waals surface area contributed by atoms with Crippen LogP contribution in [0.15, 0.2) is 59.5 Å². The van der Waals surface area contributed by atoms with Gasteiger partial charge in [0.05, 0.1) is 16.2 Å². The molecule has 0 heterocycles. The minimum atomic E-state index is -4.51. The summed E-state index contributed by atoms with van der Waals surface area (Å²) in [4.78, 5) is 11.4. The zero-order valence-electron chi connectivity index (χ0n) is 14.0. The molecule has 0 aliphatic carbocycles. The van der Waals surface area contributed by atoms with Crippen LogP contribution in [0.5, 0.6) is 0 Å². The van der Waals surface area contributed by atoms with Gasteiger partial charge in [-0.3, -0.25) is 9.52 Å². The third-order valence-corrected chi connectivity index (χ3v) is 4.83. The molecule has 2 aromatic carbocycles. The summed E-state index contributed by atoms with van der Waals surface area (Å²) < 4.78 is 65.3. The summed E-state index contributed by atoms with van der Waals surface area (Å²) in [5, 5.41) is 0. The lowest BCUT2D eigenvalue weighted by Gasteiger charge is -2.13. The number of benzene rings is 2. The molecule has 0 spiro atoms. The van der Waals surface area contributed by atoms with Crippen molar-refractivity contribution in [2.75, 3.05) is 0 Å². The monoisotopic (exact) mass is 383 g/mol. The maximum Gasteiger partial charge on any atom is 0.416 e. The number of nitrogens with one attached hydrogen (secondary N) is 1. The van der Waals surface area contributed by atoms with Gasteiger partial charge in [-0.2, -0.15) is 13.2 Å². The smallest absolute Gasteiger partial charge is 0.295 e. The van der Waals surface area contributed by atoms with Crippen LogP contribution >= 0.6 is 0 Å². The van der Waals surface area contributed by atoms with Crippen LogP contribution in [-0.4, -0.2) is 14.2 Å². The van der Waals surface area contributed by atoms with Gasteiger partial charge >= 0.3 is 6.18 Å². The quantitative estimate of drug-likeness (QED) is 0.796. The average molecular weight is 383 g/mol. The summed E-state index contributed by atoms with van der Waals surface area (Å²) in [7, 11) is -4.00. The summed E-state index contributed by atoms with van der Waals surface area (Å²) in [5.41, 5.74) is 0.0340. The summed E-state index contributed by atoms with van der Waals surface area (Å²) in [6.45, 7) is 3.01. The fourth-order valence-corrected chi connectivity index (χ4v) is 3.21. The van der Waals surface area contributed by atoms with E-state index in [1.807, 2.05) is 0 Å². The predicted octanol–water partition coefficient (Wildman–Crippen LogP) is 3.92. The van der Waals surface area contributed by atoms with Crippen molar-refractivity contribution < 1.29 is 26.4 Å². The summed E-state index contributed by atoms with van der Waals surface area (Å²) in [6, 6.07) is 9.88. The number of aryl methyl sites for hydroxylation is 1. The Bertz CT molecular complexity index is 929. The zero-order valence-corrected chi connectivity index (χ0v) is 14.8. The van der Waals surface area contributed by atoms with Crippen LogP contribution in [0, 0.1) is 6.92 Å². The van der Waals surface area contributed by atoms with Crippen LogP contribution in [0.1, 0.15) is 23.6 Å². The molecular formula is C18H16F3NO3S. The number of ketones is 1. The van der Waals surface area contributed by atoms with Crippen molar-refractivity contribution in [3.8, 4) is 0 Å². The fraction of sp³-hybridized carbons (Fsp3) is 0.167.